The molecule has 0 fully saturated rings. The predicted molar refractivity (Wildman–Crippen MR) is 60.3 cm³/mol. The number of aromatic nitrogens is 1. The van der Waals surface area contributed by atoms with Crippen LogP contribution in [0.15, 0.2) is 12.3 Å². The number of nitrogens with zero attached hydrogens (tertiary/aromatic N) is 1. The zero-order valence-electron chi connectivity index (χ0n) is 9.32. The van der Waals surface area contributed by atoms with E-state index in [-0.39, 0.29) is 5.91 Å². The van der Waals surface area contributed by atoms with Crippen molar-refractivity contribution in [3.8, 4) is 5.75 Å². The first kappa shape index (κ1) is 12.3. The first-order chi connectivity index (χ1) is 7.63. The number of nitrogens with two attached hydrogens (primary N) is 1. The molecule has 1 aromatic rings. The van der Waals surface area contributed by atoms with Gasteiger partial charge in [-0.1, -0.05) is 0 Å². The second-order valence-electron chi connectivity index (χ2n) is 3.13. The van der Waals surface area contributed by atoms with Crippen molar-refractivity contribution in [2.45, 2.75) is 6.92 Å². The molecular formula is C10H15N3O3. The molecule has 1 amide bonds. The van der Waals surface area contributed by atoms with Crippen molar-refractivity contribution < 1.29 is 14.3 Å². The summed E-state index contributed by atoms with van der Waals surface area (Å²) < 4.78 is 10.1. The van der Waals surface area contributed by atoms with E-state index in [1.54, 1.807) is 13.2 Å². The van der Waals surface area contributed by atoms with Crippen molar-refractivity contribution in [1.29, 1.82) is 0 Å². The van der Waals surface area contributed by atoms with E-state index in [9.17, 15) is 4.79 Å². The van der Waals surface area contributed by atoms with Crippen molar-refractivity contribution in [3.63, 3.8) is 0 Å². The third-order valence-corrected chi connectivity index (χ3v) is 1.75. The molecule has 88 valence electrons. The van der Waals surface area contributed by atoms with Crippen molar-refractivity contribution >= 4 is 17.4 Å². The molecule has 0 saturated carbocycles. The Morgan fingerprint density at radius 1 is 1.56 bits per heavy atom. The number of ether oxygens (including phenoxy) is 2. The van der Waals surface area contributed by atoms with Gasteiger partial charge in [-0.2, -0.15) is 0 Å². The zero-order valence-corrected chi connectivity index (χ0v) is 9.32. The number of pyridine rings is 1. The Labute approximate surface area is 93.8 Å². The Kier molecular flexibility index (Phi) is 4.53. The van der Waals surface area contributed by atoms with Crippen LogP contribution in [0.25, 0.3) is 0 Å². The van der Waals surface area contributed by atoms with Crippen LogP contribution in [-0.2, 0) is 9.53 Å². The van der Waals surface area contributed by atoms with Gasteiger partial charge in [-0.25, -0.2) is 4.98 Å². The summed E-state index contributed by atoms with van der Waals surface area (Å²) in [5.74, 6) is 0.690. The number of carbonyl (C=O) groups excluding carboxylic acids is 1. The molecule has 0 spiro atoms. The van der Waals surface area contributed by atoms with Gasteiger partial charge in [-0.05, 0) is 0 Å². The largest absolute Gasteiger partial charge is 0.487 e. The molecule has 3 N–H and O–H groups in total. The first-order valence-electron chi connectivity index (χ1n) is 4.78. The number of rotatable bonds is 5. The smallest absolute Gasteiger partial charge is 0.222 e. The summed E-state index contributed by atoms with van der Waals surface area (Å²) in [6, 6.07) is 1.55. The van der Waals surface area contributed by atoms with Gasteiger partial charge in [-0.15, -0.1) is 0 Å². The molecule has 1 heterocycles. The molecule has 1 aromatic heterocycles. The standard InChI is InChI=1S/C10H15N3O3/c1-7(14)13-10-5-8(11)9(6-12-10)16-4-3-15-2/h5-6H,3-4H2,1-2H3,(H3,11,12,13,14). The molecule has 0 aliphatic rings. The first-order valence-corrected chi connectivity index (χ1v) is 4.78. The van der Waals surface area contributed by atoms with Gasteiger partial charge in [0.15, 0.2) is 5.75 Å². The summed E-state index contributed by atoms with van der Waals surface area (Å²) >= 11 is 0. The SMILES string of the molecule is COCCOc1cnc(NC(C)=O)cc1N. The molecule has 0 atom stereocenters. The minimum Gasteiger partial charge on any atom is -0.487 e. The van der Waals surface area contributed by atoms with Gasteiger partial charge in [0.2, 0.25) is 5.91 Å². The minimum absolute atomic E-state index is 0.194. The highest BCUT2D eigenvalue weighted by Crippen LogP contribution is 2.22. The number of nitrogens with one attached hydrogen (secondary N) is 1. The van der Waals surface area contributed by atoms with Crippen LogP contribution in [-0.4, -0.2) is 31.2 Å². The fourth-order valence-electron chi connectivity index (χ4n) is 1.06. The molecule has 16 heavy (non-hydrogen) atoms. The van der Waals surface area contributed by atoms with Crippen LogP contribution in [0.1, 0.15) is 6.92 Å². The topological polar surface area (TPSA) is 86.5 Å². The van der Waals surface area contributed by atoms with Crippen LogP contribution in [0.5, 0.6) is 5.75 Å². The average molecular weight is 225 g/mol. The van der Waals surface area contributed by atoms with Gasteiger partial charge in [0.1, 0.15) is 12.4 Å². The van der Waals surface area contributed by atoms with Gasteiger partial charge in [0.05, 0.1) is 18.5 Å². The zero-order chi connectivity index (χ0) is 12.0. The average Bonchev–Trinajstić information content (AvgIpc) is 2.20. The summed E-state index contributed by atoms with van der Waals surface area (Å²) in [4.78, 5) is 14.8. The van der Waals surface area contributed by atoms with Crippen molar-refractivity contribution in [3.05, 3.63) is 12.3 Å². The molecule has 0 unspecified atom stereocenters. The van der Waals surface area contributed by atoms with E-state index < -0.39 is 0 Å². The van der Waals surface area contributed by atoms with E-state index in [1.165, 1.54) is 13.1 Å². The Bertz CT molecular complexity index is 368. The number of nitrogen functional groups attached to an aromatic ring is 1. The van der Waals surface area contributed by atoms with E-state index >= 15 is 0 Å². The van der Waals surface area contributed by atoms with Gasteiger partial charge in [0.25, 0.3) is 0 Å². The lowest BCUT2D eigenvalue weighted by Gasteiger charge is -2.09. The molecular weight excluding hydrogens is 210 g/mol. The van der Waals surface area contributed by atoms with Crippen LogP contribution in [0.2, 0.25) is 0 Å². The quantitative estimate of drug-likeness (QED) is 0.718. The second kappa shape index (κ2) is 5.92. The summed E-state index contributed by atoms with van der Waals surface area (Å²) in [5.41, 5.74) is 6.15. The maximum atomic E-state index is 10.8. The molecule has 0 aliphatic carbocycles. The van der Waals surface area contributed by atoms with Gasteiger partial charge < -0.3 is 20.5 Å². The Balaban J connectivity index is 2.64. The summed E-state index contributed by atoms with van der Waals surface area (Å²) in [7, 11) is 1.59. The van der Waals surface area contributed by atoms with Crippen molar-refractivity contribution in [1.82, 2.24) is 4.98 Å². The van der Waals surface area contributed by atoms with E-state index in [2.05, 4.69) is 10.3 Å². The summed E-state index contributed by atoms with van der Waals surface area (Å²) in [6.45, 7) is 2.29. The second-order valence-corrected chi connectivity index (χ2v) is 3.13. The lowest BCUT2D eigenvalue weighted by atomic mass is 10.3. The van der Waals surface area contributed by atoms with E-state index in [0.29, 0.717) is 30.5 Å². The predicted octanol–water partition coefficient (Wildman–Crippen LogP) is 0.647. The van der Waals surface area contributed by atoms with Gasteiger partial charge in [0, 0.05) is 20.1 Å². The highest BCUT2D eigenvalue weighted by atomic mass is 16.5. The van der Waals surface area contributed by atoms with E-state index in [1.807, 2.05) is 0 Å². The molecule has 0 aromatic carbocycles. The Morgan fingerprint density at radius 3 is 2.88 bits per heavy atom. The number of hydrogen-bond donors (Lipinski definition) is 2. The van der Waals surface area contributed by atoms with Crippen molar-refractivity contribution in [2.24, 2.45) is 0 Å². The maximum Gasteiger partial charge on any atom is 0.222 e. The third-order valence-electron chi connectivity index (χ3n) is 1.75. The summed E-state index contributed by atoms with van der Waals surface area (Å²) in [6.07, 6.45) is 1.47. The fraction of sp³-hybridized carbons (Fsp3) is 0.400. The molecule has 0 aliphatic heterocycles. The number of carbonyl (C=O) groups is 1. The number of amides is 1. The van der Waals surface area contributed by atoms with Gasteiger partial charge in [-0.3, -0.25) is 4.79 Å². The lowest BCUT2D eigenvalue weighted by Crippen LogP contribution is -2.09. The van der Waals surface area contributed by atoms with E-state index in [0.717, 1.165) is 0 Å². The number of methoxy groups -OCH3 is 1. The third kappa shape index (κ3) is 3.74. The molecule has 6 heteroatoms. The fourth-order valence-corrected chi connectivity index (χ4v) is 1.06. The minimum atomic E-state index is -0.194. The monoisotopic (exact) mass is 225 g/mol. The maximum absolute atomic E-state index is 10.8. The van der Waals surface area contributed by atoms with Crippen LogP contribution >= 0.6 is 0 Å². The molecule has 0 radical (unpaired) electrons. The normalized spacial score (nSPS) is 9.88. The highest BCUT2D eigenvalue weighted by Gasteiger charge is 2.04. The lowest BCUT2D eigenvalue weighted by molar-refractivity contribution is -0.114. The molecule has 0 saturated heterocycles. The van der Waals surface area contributed by atoms with Crippen LogP contribution < -0.4 is 15.8 Å². The van der Waals surface area contributed by atoms with E-state index in [4.69, 9.17) is 15.2 Å². The van der Waals surface area contributed by atoms with Crippen LogP contribution in [0.4, 0.5) is 11.5 Å². The van der Waals surface area contributed by atoms with Gasteiger partial charge >= 0.3 is 0 Å². The Hall–Kier alpha value is -1.82. The van der Waals surface area contributed by atoms with Crippen LogP contribution in [0, 0.1) is 0 Å². The summed E-state index contributed by atoms with van der Waals surface area (Å²) in [5, 5.41) is 2.53. The highest BCUT2D eigenvalue weighted by molar-refractivity contribution is 5.88. The van der Waals surface area contributed by atoms with Crippen LogP contribution in [0.3, 0.4) is 0 Å². The molecule has 6 nitrogen and oxygen atoms in total. The number of anilines is 2. The Morgan fingerprint density at radius 2 is 2.31 bits per heavy atom. The van der Waals surface area contributed by atoms with Crippen molar-refractivity contribution in [2.75, 3.05) is 31.4 Å². The number of hydrogen-bond acceptors (Lipinski definition) is 5. The molecule has 0 bridgehead atoms. The molecule has 1 rings (SSSR count).